The molecule has 0 bridgehead atoms. The summed E-state index contributed by atoms with van der Waals surface area (Å²) in [7, 11) is 2.79. The van der Waals surface area contributed by atoms with E-state index in [1.807, 2.05) is 0 Å². The molecule has 9 heteroatoms. The normalized spacial score (nSPS) is 9.55. The molecule has 0 radical (unpaired) electrons. The monoisotopic (exact) mass is 314 g/mol. The smallest absolute Gasteiger partial charge is 0.545 e. The van der Waals surface area contributed by atoms with Gasteiger partial charge >= 0.3 is 35.6 Å². The zero-order valence-corrected chi connectivity index (χ0v) is 14.2. The first-order chi connectivity index (χ1) is 10.0. The van der Waals surface area contributed by atoms with Crippen LogP contribution in [0.15, 0.2) is 24.3 Å². The van der Waals surface area contributed by atoms with Crippen molar-refractivity contribution in [1.29, 1.82) is 0 Å². The van der Waals surface area contributed by atoms with E-state index in [9.17, 15) is 15.0 Å². The Labute approximate surface area is 148 Å². The molecule has 8 nitrogen and oxygen atoms in total. The van der Waals surface area contributed by atoms with Crippen LogP contribution >= 0.6 is 0 Å². The number of hydrogen-bond acceptors (Lipinski definition) is 8. The molecule has 1 aromatic carbocycles. The van der Waals surface area contributed by atoms with E-state index in [2.05, 4.69) is 9.97 Å². The molecular formula is C13H11N2NaO6. The molecule has 0 unspecified atom stereocenters. The Morgan fingerprint density at radius 2 is 1.77 bits per heavy atom. The van der Waals surface area contributed by atoms with Gasteiger partial charge in [-0.3, -0.25) is 0 Å². The third-order valence-electron chi connectivity index (χ3n) is 2.49. The summed E-state index contributed by atoms with van der Waals surface area (Å²) in [5, 5.41) is 20.6. The van der Waals surface area contributed by atoms with Gasteiger partial charge < -0.3 is 29.2 Å². The van der Waals surface area contributed by atoms with Crippen molar-refractivity contribution in [3.05, 3.63) is 29.8 Å². The molecule has 0 amide bonds. The van der Waals surface area contributed by atoms with Crippen LogP contribution in [0, 0.1) is 0 Å². The largest absolute Gasteiger partial charge is 1.00 e. The second kappa shape index (κ2) is 7.83. The fraction of sp³-hybridized carbons (Fsp3) is 0.154. The molecular weight excluding hydrogens is 303 g/mol. The maximum atomic E-state index is 11.0. The molecule has 2 rings (SSSR count). The molecule has 0 spiro atoms. The maximum Gasteiger partial charge on any atom is 1.00 e. The quantitative estimate of drug-likeness (QED) is 0.596. The first kappa shape index (κ1) is 18.0. The number of ether oxygens (including phenoxy) is 3. The zero-order valence-electron chi connectivity index (χ0n) is 12.2. The van der Waals surface area contributed by atoms with Gasteiger partial charge in [-0.05, 0) is 12.1 Å². The standard InChI is InChI=1S/C13H12N2O6.Na/c1-19-9-6-10(20-2)15-13(14-9)21-8-5-3-4-7(16)11(8)12(17)18;/h3-6,16H,1-2H3,(H,17,18);/q;+1/p-1. The number of benzene rings is 1. The van der Waals surface area contributed by atoms with Crippen LogP contribution in [0.3, 0.4) is 0 Å². The fourth-order valence-corrected chi connectivity index (χ4v) is 1.55. The molecule has 22 heavy (non-hydrogen) atoms. The van der Waals surface area contributed by atoms with Crippen molar-refractivity contribution in [3.63, 3.8) is 0 Å². The van der Waals surface area contributed by atoms with Crippen molar-refractivity contribution in [1.82, 2.24) is 9.97 Å². The van der Waals surface area contributed by atoms with E-state index >= 15 is 0 Å². The molecule has 0 aliphatic rings. The van der Waals surface area contributed by atoms with Crippen LogP contribution in [0.25, 0.3) is 0 Å². The van der Waals surface area contributed by atoms with E-state index in [1.54, 1.807) is 0 Å². The number of nitrogens with zero attached hydrogens (tertiary/aromatic N) is 2. The Balaban J connectivity index is 0.00000242. The number of carboxylic acids is 1. The molecule has 0 saturated heterocycles. The number of rotatable bonds is 5. The summed E-state index contributed by atoms with van der Waals surface area (Å²) in [5.74, 6) is -1.88. The number of aromatic nitrogens is 2. The molecule has 1 aromatic heterocycles. The SMILES string of the molecule is COc1cc(OC)nc(Oc2cccc(O)c2C(=O)[O-])n1.[Na+]. The van der Waals surface area contributed by atoms with Crippen molar-refractivity contribution in [3.8, 4) is 29.3 Å². The molecule has 2 aromatic rings. The van der Waals surface area contributed by atoms with Gasteiger partial charge in [-0.25, -0.2) is 0 Å². The number of carbonyl (C=O) groups excluding carboxylic acids is 1. The predicted octanol–water partition coefficient (Wildman–Crippen LogP) is -2.64. The second-order valence-electron chi connectivity index (χ2n) is 3.78. The van der Waals surface area contributed by atoms with Gasteiger partial charge in [0.1, 0.15) is 11.5 Å². The van der Waals surface area contributed by atoms with Gasteiger partial charge in [-0.2, -0.15) is 9.97 Å². The Kier molecular flexibility index (Phi) is 6.41. The van der Waals surface area contributed by atoms with E-state index in [-0.39, 0.29) is 53.1 Å². The van der Waals surface area contributed by atoms with Crippen molar-refractivity contribution < 1.29 is 58.8 Å². The topological polar surface area (TPSA) is 114 Å². The van der Waals surface area contributed by atoms with Crippen molar-refractivity contribution in [2.75, 3.05) is 14.2 Å². The van der Waals surface area contributed by atoms with Crippen LogP contribution in [-0.2, 0) is 0 Å². The van der Waals surface area contributed by atoms with Gasteiger partial charge in [0.2, 0.25) is 11.8 Å². The van der Waals surface area contributed by atoms with E-state index in [4.69, 9.17) is 14.2 Å². The molecule has 0 aliphatic carbocycles. The summed E-state index contributed by atoms with van der Waals surface area (Å²) in [5.41, 5.74) is -0.497. The minimum atomic E-state index is -1.59. The van der Waals surface area contributed by atoms with Gasteiger partial charge in [0.15, 0.2) is 0 Å². The van der Waals surface area contributed by atoms with Crippen molar-refractivity contribution in [2.45, 2.75) is 0 Å². The average Bonchev–Trinajstić information content (AvgIpc) is 2.46. The molecule has 0 atom stereocenters. The van der Waals surface area contributed by atoms with E-state index in [0.29, 0.717) is 0 Å². The van der Waals surface area contributed by atoms with Crippen molar-refractivity contribution >= 4 is 5.97 Å². The van der Waals surface area contributed by atoms with Gasteiger partial charge in [-0.1, -0.05) is 6.07 Å². The number of carboxylic acid groups (broad SMARTS) is 1. The molecule has 1 N–H and O–H groups in total. The molecule has 0 aliphatic heterocycles. The number of hydrogen-bond donors (Lipinski definition) is 1. The van der Waals surface area contributed by atoms with Crippen LogP contribution < -0.4 is 48.9 Å². The number of methoxy groups -OCH3 is 2. The third-order valence-corrected chi connectivity index (χ3v) is 2.49. The van der Waals surface area contributed by atoms with Crippen LogP contribution in [-0.4, -0.2) is 35.3 Å². The van der Waals surface area contributed by atoms with Crippen LogP contribution in [0.5, 0.6) is 29.3 Å². The number of carbonyl (C=O) groups is 1. The summed E-state index contributed by atoms with van der Waals surface area (Å²) in [4.78, 5) is 18.8. The summed E-state index contributed by atoms with van der Waals surface area (Å²) in [6, 6.07) is 5.17. The summed E-state index contributed by atoms with van der Waals surface area (Å²) >= 11 is 0. The second-order valence-corrected chi connectivity index (χ2v) is 3.78. The third kappa shape index (κ3) is 4.00. The van der Waals surface area contributed by atoms with Gasteiger partial charge in [-0.15, -0.1) is 0 Å². The molecule has 1 heterocycles. The Morgan fingerprint density at radius 3 is 2.27 bits per heavy atom. The number of aromatic hydroxyl groups is 1. The predicted molar refractivity (Wildman–Crippen MR) is 67.6 cm³/mol. The van der Waals surface area contributed by atoms with Gasteiger partial charge in [0, 0.05) is 0 Å². The number of aromatic carboxylic acids is 1. The van der Waals surface area contributed by atoms with E-state index in [0.717, 1.165) is 0 Å². The van der Waals surface area contributed by atoms with Crippen LogP contribution in [0.1, 0.15) is 10.4 Å². The number of phenols is 1. The minimum Gasteiger partial charge on any atom is -0.545 e. The van der Waals surface area contributed by atoms with E-state index < -0.39 is 17.3 Å². The summed E-state index contributed by atoms with van der Waals surface area (Å²) < 4.78 is 15.2. The minimum absolute atomic E-state index is 0. The van der Waals surface area contributed by atoms with Crippen LogP contribution in [0.2, 0.25) is 0 Å². The molecule has 0 fully saturated rings. The average molecular weight is 314 g/mol. The first-order valence-corrected chi connectivity index (χ1v) is 5.73. The first-order valence-electron chi connectivity index (χ1n) is 5.73. The zero-order chi connectivity index (χ0) is 15.4. The maximum absolute atomic E-state index is 11.0. The molecule has 110 valence electrons. The van der Waals surface area contributed by atoms with Crippen molar-refractivity contribution in [2.24, 2.45) is 0 Å². The van der Waals surface area contributed by atoms with Crippen LogP contribution in [0.4, 0.5) is 0 Å². The summed E-state index contributed by atoms with van der Waals surface area (Å²) in [6.07, 6.45) is 0. The fourth-order valence-electron chi connectivity index (χ4n) is 1.55. The Bertz CT molecular complexity index is 657. The Morgan fingerprint density at radius 1 is 1.18 bits per heavy atom. The van der Waals surface area contributed by atoms with E-state index in [1.165, 1.54) is 38.5 Å². The van der Waals surface area contributed by atoms with Gasteiger partial charge in [0.25, 0.3) is 0 Å². The summed E-state index contributed by atoms with van der Waals surface area (Å²) in [6.45, 7) is 0. The Hall–Kier alpha value is -2.03. The van der Waals surface area contributed by atoms with Gasteiger partial charge in [0.05, 0.1) is 31.8 Å². The molecule has 0 saturated carbocycles.